The smallest absolute Gasteiger partial charge is 0.150 e. The Morgan fingerprint density at radius 1 is 1.00 bits per heavy atom. The van der Waals surface area contributed by atoms with Crippen molar-refractivity contribution in [3.05, 3.63) is 54.9 Å². The summed E-state index contributed by atoms with van der Waals surface area (Å²) in [5, 5.41) is 1.93. The zero-order valence-electron chi connectivity index (χ0n) is 11.7. The SMILES string of the molecule is CCOc1ccc(Oc2ccc3cnccc3c2N)cc1. The molecule has 0 bridgehead atoms. The molecule has 0 spiro atoms. The lowest BCUT2D eigenvalue weighted by Crippen LogP contribution is -1.94. The van der Waals surface area contributed by atoms with E-state index < -0.39 is 0 Å². The molecule has 0 atom stereocenters. The van der Waals surface area contributed by atoms with E-state index in [-0.39, 0.29) is 0 Å². The molecule has 0 saturated heterocycles. The molecular formula is C17H16N2O2. The van der Waals surface area contributed by atoms with Crippen molar-refractivity contribution in [2.75, 3.05) is 12.3 Å². The minimum absolute atomic E-state index is 0.615. The zero-order chi connectivity index (χ0) is 14.7. The van der Waals surface area contributed by atoms with Gasteiger partial charge in [0.05, 0.1) is 12.3 Å². The molecule has 0 aliphatic carbocycles. The fourth-order valence-electron chi connectivity index (χ4n) is 2.16. The van der Waals surface area contributed by atoms with Gasteiger partial charge in [-0.1, -0.05) is 0 Å². The normalized spacial score (nSPS) is 10.5. The van der Waals surface area contributed by atoms with E-state index >= 15 is 0 Å². The van der Waals surface area contributed by atoms with Crippen LogP contribution in [0.1, 0.15) is 6.92 Å². The van der Waals surface area contributed by atoms with Gasteiger partial charge in [0.15, 0.2) is 5.75 Å². The topological polar surface area (TPSA) is 57.4 Å². The first kappa shape index (κ1) is 13.2. The average Bonchev–Trinajstić information content (AvgIpc) is 2.52. The monoisotopic (exact) mass is 280 g/mol. The van der Waals surface area contributed by atoms with Gasteiger partial charge in [0.1, 0.15) is 11.5 Å². The zero-order valence-corrected chi connectivity index (χ0v) is 11.7. The van der Waals surface area contributed by atoms with Crippen LogP contribution in [0, 0.1) is 0 Å². The van der Waals surface area contributed by atoms with Gasteiger partial charge in [-0.15, -0.1) is 0 Å². The van der Waals surface area contributed by atoms with Crippen molar-refractivity contribution in [2.24, 2.45) is 0 Å². The molecule has 0 amide bonds. The van der Waals surface area contributed by atoms with Crippen LogP contribution in [0.25, 0.3) is 10.8 Å². The molecule has 3 aromatic rings. The van der Waals surface area contributed by atoms with Crippen LogP contribution in [0.15, 0.2) is 54.9 Å². The summed E-state index contributed by atoms with van der Waals surface area (Å²) in [6, 6.07) is 13.2. The number of aromatic nitrogens is 1. The van der Waals surface area contributed by atoms with Gasteiger partial charge in [-0.3, -0.25) is 4.98 Å². The quantitative estimate of drug-likeness (QED) is 0.734. The van der Waals surface area contributed by atoms with E-state index in [0.29, 0.717) is 18.0 Å². The lowest BCUT2D eigenvalue weighted by Gasteiger charge is -2.11. The highest BCUT2D eigenvalue weighted by Gasteiger charge is 2.06. The number of fused-ring (bicyclic) bond motifs is 1. The maximum Gasteiger partial charge on any atom is 0.150 e. The van der Waals surface area contributed by atoms with Gasteiger partial charge >= 0.3 is 0 Å². The second-order valence-electron chi connectivity index (χ2n) is 4.58. The molecule has 3 rings (SSSR count). The van der Waals surface area contributed by atoms with Gasteiger partial charge in [0, 0.05) is 23.2 Å². The maximum absolute atomic E-state index is 6.17. The Hall–Kier alpha value is -2.75. The minimum atomic E-state index is 0.615. The molecule has 0 radical (unpaired) electrons. The summed E-state index contributed by atoms with van der Waals surface area (Å²) in [6.45, 7) is 2.60. The summed E-state index contributed by atoms with van der Waals surface area (Å²) in [5.74, 6) is 2.18. The lowest BCUT2D eigenvalue weighted by atomic mass is 10.1. The Bertz CT molecular complexity index is 754. The van der Waals surface area contributed by atoms with Crippen molar-refractivity contribution in [3.8, 4) is 17.2 Å². The van der Waals surface area contributed by atoms with Crippen molar-refractivity contribution in [1.29, 1.82) is 0 Å². The molecule has 0 unspecified atom stereocenters. The van der Waals surface area contributed by atoms with Gasteiger partial charge in [-0.25, -0.2) is 0 Å². The highest BCUT2D eigenvalue weighted by molar-refractivity contribution is 5.95. The third-order valence-electron chi connectivity index (χ3n) is 3.18. The van der Waals surface area contributed by atoms with Crippen LogP contribution in [0.2, 0.25) is 0 Å². The Morgan fingerprint density at radius 2 is 1.76 bits per heavy atom. The van der Waals surface area contributed by atoms with Crippen molar-refractivity contribution in [3.63, 3.8) is 0 Å². The molecule has 2 N–H and O–H groups in total. The van der Waals surface area contributed by atoms with E-state index in [0.717, 1.165) is 22.3 Å². The van der Waals surface area contributed by atoms with E-state index in [1.54, 1.807) is 12.4 Å². The molecule has 106 valence electrons. The van der Waals surface area contributed by atoms with Crippen LogP contribution >= 0.6 is 0 Å². The number of anilines is 1. The maximum atomic E-state index is 6.17. The summed E-state index contributed by atoms with van der Waals surface area (Å²) in [4.78, 5) is 4.08. The second-order valence-corrected chi connectivity index (χ2v) is 4.58. The van der Waals surface area contributed by atoms with E-state index in [2.05, 4.69) is 4.98 Å². The first-order valence-electron chi connectivity index (χ1n) is 6.81. The molecular weight excluding hydrogens is 264 g/mol. The third-order valence-corrected chi connectivity index (χ3v) is 3.18. The predicted octanol–water partition coefficient (Wildman–Crippen LogP) is 4.01. The van der Waals surface area contributed by atoms with Gasteiger partial charge in [0.2, 0.25) is 0 Å². The standard InChI is InChI=1S/C17H16N2O2/c1-2-20-13-4-6-14(7-5-13)21-16-8-3-12-11-19-10-9-15(12)17(16)18/h3-11H,2,18H2,1H3. The minimum Gasteiger partial charge on any atom is -0.494 e. The van der Waals surface area contributed by atoms with Crippen LogP contribution in [0.4, 0.5) is 5.69 Å². The van der Waals surface area contributed by atoms with E-state index in [1.807, 2.05) is 49.4 Å². The Morgan fingerprint density at radius 3 is 2.52 bits per heavy atom. The Kier molecular flexibility index (Phi) is 3.60. The van der Waals surface area contributed by atoms with E-state index in [1.165, 1.54) is 0 Å². The summed E-state index contributed by atoms with van der Waals surface area (Å²) >= 11 is 0. The number of nitrogen functional groups attached to an aromatic ring is 1. The summed E-state index contributed by atoms with van der Waals surface area (Å²) < 4.78 is 11.3. The van der Waals surface area contributed by atoms with Gasteiger partial charge in [-0.2, -0.15) is 0 Å². The van der Waals surface area contributed by atoms with Gasteiger partial charge < -0.3 is 15.2 Å². The van der Waals surface area contributed by atoms with Crippen molar-refractivity contribution < 1.29 is 9.47 Å². The van der Waals surface area contributed by atoms with Gasteiger partial charge in [0.25, 0.3) is 0 Å². The lowest BCUT2D eigenvalue weighted by molar-refractivity contribution is 0.339. The number of benzene rings is 2. The van der Waals surface area contributed by atoms with Crippen molar-refractivity contribution >= 4 is 16.5 Å². The molecule has 21 heavy (non-hydrogen) atoms. The first-order chi connectivity index (χ1) is 10.3. The molecule has 4 heteroatoms. The van der Waals surface area contributed by atoms with E-state index in [4.69, 9.17) is 15.2 Å². The number of hydrogen-bond acceptors (Lipinski definition) is 4. The number of hydrogen-bond donors (Lipinski definition) is 1. The predicted molar refractivity (Wildman–Crippen MR) is 83.8 cm³/mol. The first-order valence-corrected chi connectivity index (χ1v) is 6.81. The largest absolute Gasteiger partial charge is 0.494 e. The highest BCUT2D eigenvalue weighted by atomic mass is 16.5. The van der Waals surface area contributed by atoms with Gasteiger partial charge in [-0.05, 0) is 49.4 Å². The van der Waals surface area contributed by atoms with E-state index in [9.17, 15) is 0 Å². The Labute approximate surface area is 123 Å². The number of rotatable bonds is 4. The van der Waals surface area contributed by atoms with Crippen molar-refractivity contribution in [2.45, 2.75) is 6.92 Å². The number of nitrogens with two attached hydrogens (primary N) is 1. The fraction of sp³-hybridized carbons (Fsp3) is 0.118. The van der Waals surface area contributed by atoms with Crippen LogP contribution in [0.3, 0.4) is 0 Å². The fourth-order valence-corrected chi connectivity index (χ4v) is 2.16. The number of ether oxygens (including phenoxy) is 2. The molecule has 4 nitrogen and oxygen atoms in total. The molecule has 0 aliphatic rings. The molecule has 0 saturated carbocycles. The van der Waals surface area contributed by atoms with Crippen LogP contribution in [-0.4, -0.2) is 11.6 Å². The second kappa shape index (κ2) is 5.71. The summed E-state index contributed by atoms with van der Waals surface area (Å²) in [5.41, 5.74) is 6.78. The number of pyridine rings is 1. The molecule has 0 aliphatic heterocycles. The molecule has 1 heterocycles. The third kappa shape index (κ3) is 2.74. The molecule has 0 fully saturated rings. The summed E-state index contributed by atoms with van der Waals surface area (Å²) in [7, 11) is 0. The van der Waals surface area contributed by atoms with Crippen LogP contribution in [0.5, 0.6) is 17.2 Å². The van der Waals surface area contributed by atoms with Crippen LogP contribution < -0.4 is 15.2 Å². The number of nitrogens with zero attached hydrogens (tertiary/aromatic N) is 1. The molecule has 2 aromatic carbocycles. The average molecular weight is 280 g/mol. The van der Waals surface area contributed by atoms with Crippen LogP contribution in [-0.2, 0) is 0 Å². The Balaban J connectivity index is 1.89. The summed E-state index contributed by atoms with van der Waals surface area (Å²) in [6.07, 6.45) is 3.51. The highest BCUT2D eigenvalue weighted by Crippen LogP contribution is 2.33. The molecule has 1 aromatic heterocycles. The van der Waals surface area contributed by atoms with Crippen molar-refractivity contribution in [1.82, 2.24) is 4.98 Å².